The molecule has 0 aliphatic carbocycles. The van der Waals surface area contributed by atoms with Gasteiger partial charge >= 0.3 is 0 Å². The van der Waals surface area contributed by atoms with Crippen molar-refractivity contribution in [3.63, 3.8) is 0 Å². The number of aryl methyl sites for hydroxylation is 1. The van der Waals surface area contributed by atoms with Gasteiger partial charge < -0.3 is 5.32 Å². The van der Waals surface area contributed by atoms with E-state index in [0.29, 0.717) is 12.1 Å². The minimum Gasteiger partial charge on any atom is -0.307 e. The van der Waals surface area contributed by atoms with E-state index in [4.69, 9.17) is 0 Å². The summed E-state index contributed by atoms with van der Waals surface area (Å²) in [6.45, 7) is 4.51. The number of thioether (sulfide) groups is 1. The predicted molar refractivity (Wildman–Crippen MR) is 92.0 cm³/mol. The monoisotopic (exact) mass is 297 g/mol. The van der Waals surface area contributed by atoms with Gasteiger partial charge in [-0.1, -0.05) is 42.5 Å². The number of hydrogen-bond donors (Lipinski definition) is 1. The maximum atomic E-state index is 3.84. The molecule has 0 bridgehead atoms. The first kappa shape index (κ1) is 14.7. The molecule has 3 rings (SSSR count). The Hall–Kier alpha value is -1.25. The predicted octanol–water partition coefficient (Wildman–Crippen LogP) is 4.75. The first-order chi connectivity index (χ1) is 10.2. The van der Waals surface area contributed by atoms with Crippen LogP contribution >= 0.6 is 11.8 Å². The van der Waals surface area contributed by atoms with Crippen molar-refractivity contribution in [3.05, 3.63) is 65.2 Å². The molecule has 1 heterocycles. The van der Waals surface area contributed by atoms with Crippen molar-refractivity contribution in [2.75, 3.05) is 5.75 Å². The quantitative estimate of drug-likeness (QED) is 0.874. The van der Waals surface area contributed by atoms with Gasteiger partial charge in [-0.2, -0.15) is 0 Å². The van der Waals surface area contributed by atoms with Gasteiger partial charge in [0.1, 0.15) is 0 Å². The Labute approximate surface area is 132 Å². The molecule has 21 heavy (non-hydrogen) atoms. The highest BCUT2D eigenvalue weighted by atomic mass is 32.2. The molecule has 0 amide bonds. The van der Waals surface area contributed by atoms with E-state index in [1.54, 1.807) is 0 Å². The van der Waals surface area contributed by atoms with Crippen molar-refractivity contribution in [2.45, 2.75) is 43.7 Å². The van der Waals surface area contributed by atoms with E-state index in [0.717, 1.165) is 6.42 Å². The first-order valence-electron chi connectivity index (χ1n) is 7.76. The fourth-order valence-corrected chi connectivity index (χ4v) is 4.21. The summed E-state index contributed by atoms with van der Waals surface area (Å²) in [5.41, 5.74) is 4.33. The highest BCUT2D eigenvalue weighted by molar-refractivity contribution is 7.99. The molecule has 0 saturated carbocycles. The van der Waals surface area contributed by atoms with Gasteiger partial charge in [-0.15, -0.1) is 11.8 Å². The Morgan fingerprint density at radius 1 is 1.14 bits per heavy atom. The Bertz CT molecular complexity index is 608. The molecule has 1 nitrogen and oxygen atoms in total. The summed E-state index contributed by atoms with van der Waals surface area (Å²) in [5, 5.41) is 3.84. The summed E-state index contributed by atoms with van der Waals surface area (Å²) in [5.74, 6) is 1.21. The third-order valence-corrected chi connectivity index (χ3v) is 5.35. The smallest absolute Gasteiger partial charge is 0.0341 e. The Morgan fingerprint density at radius 2 is 1.90 bits per heavy atom. The lowest BCUT2D eigenvalue weighted by Crippen LogP contribution is -2.34. The summed E-state index contributed by atoms with van der Waals surface area (Å²) < 4.78 is 0. The van der Waals surface area contributed by atoms with E-state index in [2.05, 4.69) is 67.7 Å². The van der Waals surface area contributed by atoms with Crippen molar-refractivity contribution < 1.29 is 0 Å². The van der Waals surface area contributed by atoms with Crippen LogP contribution in [0.1, 0.15) is 36.1 Å². The molecule has 2 unspecified atom stereocenters. The lowest BCUT2D eigenvalue weighted by atomic mass is 9.99. The largest absolute Gasteiger partial charge is 0.307 e. The second-order valence-electron chi connectivity index (χ2n) is 5.93. The van der Waals surface area contributed by atoms with Gasteiger partial charge in [0.05, 0.1) is 0 Å². The molecule has 0 aromatic heterocycles. The normalized spacial score (nSPS) is 19.0. The minimum absolute atomic E-state index is 0.493. The van der Waals surface area contributed by atoms with Crippen molar-refractivity contribution >= 4 is 11.8 Å². The summed E-state index contributed by atoms with van der Waals surface area (Å²) in [7, 11) is 0. The lowest BCUT2D eigenvalue weighted by molar-refractivity contribution is 0.437. The van der Waals surface area contributed by atoms with E-state index in [-0.39, 0.29) is 0 Å². The second-order valence-corrected chi connectivity index (χ2v) is 7.06. The summed E-state index contributed by atoms with van der Waals surface area (Å²) in [6, 6.07) is 18.5. The molecule has 2 atom stereocenters. The van der Waals surface area contributed by atoms with Crippen LogP contribution in [0.2, 0.25) is 0 Å². The number of rotatable bonds is 4. The number of hydrogen-bond acceptors (Lipinski definition) is 2. The van der Waals surface area contributed by atoms with Crippen LogP contribution in [0.25, 0.3) is 0 Å². The molecule has 2 heteroatoms. The van der Waals surface area contributed by atoms with Crippen LogP contribution in [0.3, 0.4) is 0 Å². The van der Waals surface area contributed by atoms with E-state index < -0.39 is 0 Å². The Kier molecular flexibility index (Phi) is 4.67. The maximum Gasteiger partial charge on any atom is 0.0341 e. The first-order valence-corrected chi connectivity index (χ1v) is 8.75. The lowest BCUT2D eigenvalue weighted by Gasteiger charge is -2.29. The number of fused-ring (bicyclic) bond motifs is 1. The highest BCUT2D eigenvalue weighted by Gasteiger charge is 2.21. The molecule has 2 aromatic rings. The van der Waals surface area contributed by atoms with E-state index >= 15 is 0 Å². The molecule has 1 aliphatic rings. The zero-order valence-electron chi connectivity index (χ0n) is 12.8. The Balaban J connectivity index is 1.69. The molecule has 1 N–H and O–H groups in total. The van der Waals surface area contributed by atoms with Crippen molar-refractivity contribution in [1.82, 2.24) is 5.32 Å². The van der Waals surface area contributed by atoms with Crippen molar-refractivity contribution in [2.24, 2.45) is 0 Å². The zero-order chi connectivity index (χ0) is 14.7. The maximum absolute atomic E-state index is 3.84. The van der Waals surface area contributed by atoms with Gasteiger partial charge in [0, 0.05) is 17.0 Å². The minimum atomic E-state index is 0.493. The summed E-state index contributed by atoms with van der Waals surface area (Å²) in [4.78, 5) is 1.45. The SMILES string of the molecule is Cc1ccccc1CC(C)NC1CCSc2ccccc21. The molecule has 2 aromatic carbocycles. The average molecular weight is 297 g/mol. The molecular weight excluding hydrogens is 274 g/mol. The molecular formula is C19H23NS. The fraction of sp³-hybridized carbons (Fsp3) is 0.368. The standard InChI is InChI=1S/C19H23NS/c1-14-7-3-4-8-16(14)13-15(2)20-18-11-12-21-19-10-6-5-9-17(18)19/h3-10,15,18,20H,11-13H2,1-2H3. The topological polar surface area (TPSA) is 12.0 Å². The van der Waals surface area contributed by atoms with E-state index in [9.17, 15) is 0 Å². The Morgan fingerprint density at radius 3 is 2.76 bits per heavy atom. The van der Waals surface area contributed by atoms with Crippen LogP contribution in [0, 0.1) is 6.92 Å². The number of nitrogens with one attached hydrogen (secondary N) is 1. The van der Waals surface area contributed by atoms with Crippen molar-refractivity contribution in [1.29, 1.82) is 0 Å². The van der Waals surface area contributed by atoms with Gasteiger partial charge in [-0.3, -0.25) is 0 Å². The molecule has 110 valence electrons. The van der Waals surface area contributed by atoms with Crippen LogP contribution in [0.4, 0.5) is 0 Å². The van der Waals surface area contributed by atoms with Crippen molar-refractivity contribution in [3.8, 4) is 0 Å². The van der Waals surface area contributed by atoms with Gasteiger partial charge in [-0.25, -0.2) is 0 Å². The molecule has 0 saturated heterocycles. The van der Waals surface area contributed by atoms with Gasteiger partial charge in [0.2, 0.25) is 0 Å². The van der Waals surface area contributed by atoms with Crippen LogP contribution in [-0.4, -0.2) is 11.8 Å². The molecule has 0 spiro atoms. The van der Waals surface area contributed by atoms with E-state index in [1.165, 1.54) is 33.8 Å². The summed E-state index contributed by atoms with van der Waals surface area (Å²) >= 11 is 1.99. The second kappa shape index (κ2) is 6.67. The van der Waals surface area contributed by atoms with E-state index in [1.807, 2.05) is 11.8 Å². The van der Waals surface area contributed by atoms with Gasteiger partial charge in [0.25, 0.3) is 0 Å². The third-order valence-electron chi connectivity index (χ3n) is 4.23. The molecule has 0 radical (unpaired) electrons. The third kappa shape index (κ3) is 3.50. The van der Waals surface area contributed by atoms with Crippen LogP contribution in [0.15, 0.2) is 53.4 Å². The molecule has 0 fully saturated rings. The van der Waals surface area contributed by atoms with Gasteiger partial charge in [0.15, 0.2) is 0 Å². The highest BCUT2D eigenvalue weighted by Crippen LogP contribution is 2.36. The van der Waals surface area contributed by atoms with Crippen LogP contribution in [-0.2, 0) is 6.42 Å². The average Bonchev–Trinajstić information content (AvgIpc) is 2.50. The van der Waals surface area contributed by atoms with Crippen LogP contribution < -0.4 is 5.32 Å². The molecule has 1 aliphatic heterocycles. The van der Waals surface area contributed by atoms with Crippen LogP contribution in [0.5, 0.6) is 0 Å². The number of benzene rings is 2. The zero-order valence-corrected chi connectivity index (χ0v) is 13.6. The fourth-order valence-electron chi connectivity index (χ4n) is 3.09. The summed E-state index contributed by atoms with van der Waals surface area (Å²) in [6.07, 6.45) is 2.32. The van der Waals surface area contributed by atoms with Gasteiger partial charge in [-0.05, 0) is 55.2 Å².